The largest absolute Gasteiger partial charge is 0.480 e. The fraction of sp³-hybridized carbons (Fsp3) is 0.467. The normalized spacial score (nSPS) is 13.0. The average Bonchev–Trinajstić information content (AvgIpc) is 2.85. The molecule has 0 saturated carbocycles. The van der Waals surface area contributed by atoms with Gasteiger partial charge in [0.05, 0.1) is 13.0 Å². The minimum atomic E-state index is -1.01. The van der Waals surface area contributed by atoms with Crippen LogP contribution in [0.25, 0.3) is 0 Å². The summed E-state index contributed by atoms with van der Waals surface area (Å²) in [7, 11) is 0. The van der Waals surface area contributed by atoms with Crippen LogP contribution < -0.4 is 5.32 Å². The molecule has 2 rings (SSSR count). The number of hydrogen-bond donors (Lipinski definition) is 2. The molecule has 1 aromatic carbocycles. The summed E-state index contributed by atoms with van der Waals surface area (Å²) in [6, 6.07) is 6.23. The summed E-state index contributed by atoms with van der Waals surface area (Å²) in [5.41, 5.74) is 3.78. The van der Waals surface area contributed by atoms with Crippen molar-refractivity contribution in [1.29, 1.82) is 0 Å². The molecule has 0 aromatic heterocycles. The first kappa shape index (κ1) is 14.5. The van der Waals surface area contributed by atoms with E-state index in [2.05, 4.69) is 17.4 Å². The molecule has 1 aliphatic rings. The van der Waals surface area contributed by atoms with Gasteiger partial charge in [0.1, 0.15) is 6.61 Å². The highest BCUT2D eigenvalue weighted by atomic mass is 16.5. The first-order chi connectivity index (χ1) is 9.65. The highest BCUT2D eigenvalue weighted by Gasteiger charge is 2.12. The quantitative estimate of drug-likeness (QED) is 0.727. The Kier molecular flexibility index (Phi) is 5.12. The lowest BCUT2D eigenvalue weighted by atomic mass is 10.0. The molecule has 5 heteroatoms. The molecule has 108 valence electrons. The third-order valence-electron chi connectivity index (χ3n) is 3.32. The Labute approximate surface area is 117 Å². The molecular formula is C15H19NO4. The van der Waals surface area contributed by atoms with E-state index in [1.54, 1.807) is 0 Å². The molecule has 0 aliphatic heterocycles. The van der Waals surface area contributed by atoms with Gasteiger partial charge in [-0.3, -0.25) is 4.79 Å². The lowest BCUT2D eigenvalue weighted by Gasteiger charge is -2.07. The second-order valence-electron chi connectivity index (χ2n) is 4.93. The third-order valence-corrected chi connectivity index (χ3v) is 3.32. The summed E-state index contributed by atoms with van der Waals surface area (Å²) in [5.74, 6) is -1.07. The number of carboxylic acid groups (broad SMARTS) is 1. The molecule has 0 unspecified atom stereocenters. The molecule has 0 fully saturated rings. The van der Waals surface area contributed by atoms with Gasteiger partial charge in [-0.25, -0.2) is 4.79 Å². The summed E-state index contributed by atoms with van der Waals surface area (Å²) >= 11 is 0. The highest BCUT2D eigenvalue weighted by Crippen LogP contribution is 2.22. The maximum Gasteiger partial charge on any atom is 0.329 e. The maximum absolute atomic E-state index is 11.7. The SMILES string of the molecule is O=C(O)COCCNC(=O)Cc1ccc2c(c1)CCC2. The van der Waals surface area contributed by atoms with E-state index in [0.717, 1.165) is 18.4 Å². The van der Waals surface area contributed by atoms with E-state index in [0.29, 0.717) is 13.0 Å². The van der Waals surface area contributed by atoms with Gasteiger partial charge in [0.2, 0.25) is 5.91 Å². The zero-order chi connectivity index (χ0) is 14.4. The Hall–Kier alpha value is -1.88. The molecule has 1 aliphatic carbocycles. The number of aliphatic carboxylic acids is 1. The number of amides is 1. The van der Waals surface area contributed by atoms with Gasteiger partial charge in [0, 0.05) is 6.54 Å². The number of carboxylic acids is 1. The minimum Gasteiger partial charge on any atom is -0.480 e. The topological polar surface area (TPSA) is 75.6 Å². The van der Waals surface area contributed by atoms with Gasteiger partial charge in [-0.05, 0) is 36.0 Å². The Balaban J connectivity index is 1.70. The Morgan fingerprint density at radius 1 is 1.25 bits per heavy atom. The number of ether oxygens (including phenoxy) is 1. The third kappa shape index (κ3) is 4.35. The van der Waals surface area contributed by atoms with Crippen LogP contribution in [0.5, 0.6) is 0 Å². The van der Waals surface area contributed by atoms with Crippen molar-refractivity contribution >= 4 is 11.9 Å². The zero-order valence-corrected chi connectivity index (χ0v) is 11.4. The molecule has 0 saturated heterocycles. The second kappa shape index (κ2) is 7.05. The predicted octanol–water partition coefficient (Wildman–Crippen LogP) is 0.935. The van der Waals surface area contributed by atoms with Gasteiger partial charge in [0.15, 0.2) is 0 Å². The molecule has 5 nitrogen and oxygen atoms in total. The lowest BCUT2D eigenvalue weighted by Crippen LogP contribution is -2.29. The molecule has 20 heavy (non-hydrogen) atoms. The van der Waals surface area contributed by atoms with Crippen molar-refractivity contribution in [2.24, 2.45) is 0 Å². The number of aryl methyl sites for hydroxylation is 2. The molecular weight excluding hydrogens is 258 g/mol. The van der Waals surface area contributed by atoms with E-state index in [1.807, 2.05) is 6.07 Å². The summed E-state index contributed by atoms with van der Waals surface area (Å²) < 4.78 is 4.84. The van der Waals surface area contributed by atoms with Gasteiger partial charge in [-0.1, -0.05) is 18.2 Å². The first-order valence-corrected chi connectivity index (χ1v) is 6.82. The van der Waals surface area contributed by atoms with Crippen molar-refractivity contribution in [3.63, 3.8) is 0 Å². The summed E-state index contributed by atoms with van der Waals surface area (Å²) in [5, 5.41) is 11.1. The van der Waals surface area contributed by atoms with Crippen LogP contribution in [0.1, 0.15) is 23.1 Å². The van der Waals surface area contributed by atoms with E-state index in [1.165, 1.54) is 17.5 Å². The fourth-order valence-electron chi connectivity index (χ4n) is 2.41. The van der Waals surface area contributed by atoms with Crippen LogP contribution in [0.15, 0.2) is 18.2 Å². The van der Waals surface area contributed by atoms with E-state index in [9.17, 15) is 9.59 Å². The van der Waals surface area contributed by atoms with E-state index >= 15 is 0 Å². The van der Waals surface area contributed by atoms with Crippen LogP contribution in [0.4, 0.5) is 0 Å². The zero-order valence-electron chi connectivity index (χ0n) is 11.4. The smallest absolute Gasteiger partial charge is 0.329 e. The molecule has 0 heterocycles. The van der Waals surface area contributed by atoms with Crippen molar-refractivity contribution in [3.05, 3.63) is 34.9 Å². The number of rotatable bonds is 7. The Bertz CT molecular complexity index is 499. The van der Waals surface area contributed by atoms with Crippen LogP contribution in [0.3, 0.4) is 0 Å². The Morgan fingerprint density at radius 3 is 2.85 bits per heavy atom. The number of hydrogen-bond acceptors (Lipinski definition) is 3. The van der Waals surface area contributed by atoms with Crippen molar-refractivity contribution in [2.45, 2.75) is 25.7 Å². The van der Waals surface area contributed by atoms with Crippen LogP contribution >= 0.6 is 0 Å². The van der Waals surface area contributed by atoms with E-state index in [4.69, 9.17) is 9.84 Å². The van der Waals surface area contributed by atoms with Gasteiger partial charge in [0.25, 0.3) is 0 Å². The van der Waals surface area contributed by atoms with Gasteiger partial charge >= 0.3 is 5.97 Å². The molecule has 0 spiro atoms. The number of fused-ring (bicyclic) bond motifs is 1. The van der Waals surface area contributed by atoms with Crippen molar-refractivity contribution < 1.29 is 19.4 Å². The molecule has 1 amide bonds. The van der Waals surface area contributed by atoms with Gasteiger partial charge < -0.3 is 15.2 Å². The highest BCUT2D eigenvalue weighted by molar-refractivity contribution is 5.78. The number of benzene rings is 1. The molecule has 1 aromatic rings. The minimum absolute atomic E-state index is 0.0677. The lowest BCUT2D eigenvalue weighted by molar-refractivity contribution is -0.142. The Morgan fingerprint density at radius 2 is 2.05 bits per heavy atom. The van der Waals surface area contributed by atoms with Gasteiger partial charge in [-0.15, -0.1) is 0 Å². The molecule has 2 N–H and O–H groups in total. The standard InChI is InChI=1S/C15H19NO4/c17-14(16-6-7-20-10-15(18)19)9-11-4-5-12-2-1-3-13(12)8-11/h4-5,8H,1-3,6-7,9-10H2,(H,16,17)(H,18,19). The fourth-order valence-corrected chi connectivity index (χ4v) is 2.41. The maximum atomic E-state index is 11.7. The van der Waals surface area contributed by atoms with Crippen LogP contribution in [0, 0.1) is 0 Å². The average molecular weight is 277 g/mol. The molecule has 0 bridgehead atoms. The molecule has 0 radical (unpaired) electrons. The van der Waals surface area contributed by atoms with Crippen molar-refractivity contribution in [3.8, 4) is 0 Å². The van der Waals surface area contributed by atoms with Crippen LogP contribution in [-0.4, -0.2) is 36.7 Å². The molecule has 0 atom stereocenters. The number of carbonyl (C=O) groups is 2. The van der Waals surface area contributed by atoms with Crippen LogP contribution in [-0.2, 0) is 33.6 Å². The van der Waals surface area contributed by atoms with Crippen LogP contribution in [0.2, 0.25) is 0 Å². The summed E-state index contributed by atoms with van der Waals surface area (Å²) in [6.07, 6.45) is 3.80. The van der Waals surface area contributed by atoms with Crippen molar-refractivity contribution in [1.82, 2.24) is 5.32 Å². The van der Waals surface area contributed by atoms with E-state index in [-0.39, 0.29) is 19.1 Å². The monoisotopic (exact) mass is 277 g/mol. The number of carbonyl (C=O) groups excluding carboxylic acids is 1. The van der Waals surface area contributed by atoms with Gasteiger partial charge in [-0.2, -0.15) is 0 Å². The predicted molar refractivity (Wildman–Crippen MR) is 73.6 cm³/mol. The van der Waals surface area contributed by atoms with Crippen molar-refractivity contribution in [2.75, 3.05) is 19.8 Å². The van der Waals surface area contributed by atoms with E-state index < -0.39 is 5.97 Å². The summed E-state index contributed by atoms with van der Waals surface area (Å²) in [4.78, 5) is 21.9. The number of nitrogens with one attached hydrogen (secondary N) is 1. The second-order valence-corrected chi connectivity index (χ2v) is 4.93. The first-order valence-electron chi connectivity index (χ1n) is 6.82. The summed E-state index contributed by atoms with van der Waals surface area (Å²) in [6.45, 7) is 0.208.